The number of rotatable bonds is 4. The van der Waals surface area contributed by atoms with Crippen LogP contribution in [-0.4, -0.2) is 123 Å². The van der Waals surface area contributed by atoms with Crippen LogP contribution in [0.2, 0.25) is 0 Å². The van der Waals surface area contributed by atoms with Crippen LogP contribution in [0.15, 0.2) is 11.6 Å². The van der Waals surface area contributed by atoms with E-state index in [9.17, 15) is 30.6 Å². The minimum Gasteiger partial charge on any atom is -0.388 e. The molecule has 0 aromatic carbocycles. The lowest BCUT2D eigenvalue weighted by Crippen LogP contribution is -2.62. The second-order valence-corrected chi connectivity index (χ2v) is 18.3. The van der Waals surface area contributed by atoms with Crippen LogP contribution >= 0.6 is 0 Å². The molecule has 1 spiro atoms. The standard InChI is InChI=1S/C39H62O12/c1-17-9-12-39(46-16-17)18(2)28-26(51-39)15-25-23-8-7-21-13-22(49-35-33(44)31(42)29(40)19(3)47-35)14-27(38(21,6)24(23)10-11-37(25,28)5)50-36-34(45)32(43)30(41)20(4)48-36/h7,17-20,22-36,40-45H,8-16H2,1-6H3/t17-,18-,19-,20+,22+,23-,24+,25-,26-,27+,28-,29-,30-,31+,32-,33+,34+,35-,36-,37-,38-,39+/m0/s1. The highest BCUT2D eigenvalue weighted by molar-refractivity contribution is 5.29. The van der Waals surface area contributed by atoms with Crippen LogP contribution in [0.5, 0.6) is 0 Å². The van der Waals surface area contributed by atoms with Crippen molar-refractivity contribution in [3.8, 4) is 0 Å². The SMILES string of the molecule is C[C@H]1CC[C@@]2(OC1)O[C@H]1C[C@H]3[C@H]4CC=C5C[C@@H](O[C@@H]6O[C@@H](C)[C@H](O)[C@@H](O)[C@H]6O)C[C@@H](O[C@@H]6O[C@H](C)[C@H](O)[C@H](O)[C@H]6O)[C@]5(C)[C@@H]4CC[C@]3(C)[C@H]1[C@@H]2C. The Labute approximate surface area is 301 Å². The van der Waals surface area contributed by atoms with Crippen molar-refractivity contribution in [3.05, 3.63) is 11.6 Å². The Morgan fingerprint density at radius 3 is 2.02 bits per heavy atom. The first-order chi connectivity index (χ1) is 24.1. The van der Waals surface area contributed by atoms with Crippen molar-refractivity contribution in [2.24, 2.45) is 46.3 Å². The topological polar surface area (TPSA) is 177 Å². The highest BCUT2D eigenvalue weighted by Gasteiger charge is 2.69. The van der Waals surface area contributed by atoms with Gasteiger partial charge in [-0.05, 0) is 87.4 Å². The van der Waals surface area contributed by atoms with E-state index in [1.807, 2.05) is 0 Å². The Balaban J connectivity index is 1.08. The summed E-state index contributed by atoms with van der Waals surface area (Å²) in [6.07, 6.45) is -3.33. The van der Waals surface area contributed by atoms with E-state index < -0.39 is 84.8 Å². The molecule has 0 unspecified atom stereocenters. The van der Waals surface area contributed by atoms with Crippen molar-refractivity contribution in [1.29, 1.82) is 0 Å². The molecule has 290 valence electrons. The molecule has 0 aromatic rings. The van der Waals surface area contributed by atoms with Gasteiger partial charge >= 0.3 is 0 Å². The molecular weight excluding hydrogens is 660 g/mol. The lowest BCUT2D eigenvalue weighted by molar-refractivity contribution is -0.329. The first kappa shape index (κ1) is 37.2. The predicted octanol–water partition coefficient (Wildman–Crippen LogP) is 2.39. The molecule has 8 rings (SSSR count). The van der Waals surface area contributed by atoms with Crippen molar-refractivity contribution in [2.45, 2.75) is 178 Å². The predicted molar refractivity (Wildman–Crippen MR) is 182 cm³/mol. The Bertz CT molecular complexity index is 1320. The summed E-state index contributed by atoms with van der Waals surface area (Å²) in [5.41, 5.74) is 0.868. The quantitative estimate of drug-likeness (QED) is 0.234. The third-order valence-corrected chi connectivity index (χ3v) is 15.6. The zero-order valence-corrected chi connectivity index (χ0v) is 31.0. The zero-order valence-electron chi connectivity index (χ0n) is 31.0. The van der Waals surface area contributed by atoms with E-state index in [4.69, 9.17) is 28.4 Å². The van der Waals surface area contributed by atoms with Gasteiger partial charge in [-0.2, -0.15) is 0 Å². The third kappa shape index (κ3) is 5.67. The smallest absolute Gasteiger partial charge is 0.186 e. The van der Waals surface area contributed by atoms with E-state index in [1.54, 1.807) is 13.8 Å². The minimum absolute atomic E-state index is 0.119. The van der Waals surface area contributed by atoms with Gasteiger partial charge in [0.1, 0.15) is 36.6 Å². The molecule has 0 amide bonds. The summed E-state index contributed by atoms with van der Waals surface area (Å²) < 4.78 is 38.5. The Morgan fingerprint density at radius 1 is 0.745 bits per heavy atom. The minimum atomic E-state index is -1.45. The molecule has 6 N–H and O–H groups in total. The van der Waals surface area contributed by atoms with Crippen LogP contribution in [0, 0.1) is 46.3 Å². The molecular formula is C39H62O12. The Kier molecular flexibility index (Phi) is 9.62. The monoisotopic (exact) mass is 722 g/mol. The van der Waals surface area contributed by atoms with E-state index in [-0.39, 0.29) is 17.4 Å². The van der Waals surface area contributed by atoms with Crippen molar-refractivity contribution in [1.82, 2.24) is 0 Å². The van der Waals surface area contributed by atoms with Gasteiger partial charge in [0.05, 0.1) is 37.1 Å². The maximum Gasteiger partial charge on any atom is 0.186 e. The van der Waals surface area contributed by atoms with Crippen molar-refractivity contribution in [2.75, 3.05) is 6.61 Å². The molecule has 3 saturated carbocycles. The zero-order chi connectivity index (χ0) is 36.4. The van der Waals surface area contributed by atoms with Gasteiger partial charge in [-0.25, -0.2) is 0 Å². The van der Waals surface area contributed by atoms with Crippen LogP contribution in [0.1, 0.15) is 92.9 Å². The molecule has 4 aliphatic carbocycles. The Hall–Kier alpha value is -0.740. The van der Waals surface area contributed by atoms with Crippen LogP contribution in [0.25, 0.3) is 0 Å². The first-order valence-corrected chi connectivity index (χ1v) is 19.8. The van der Waals surface area contributed by atoms with Crippen molar-refractivity contribution < 1.29 is 59.1 Å². The van der Waals surface area contributed by atoms with Gasteiger partial charge in [0.15, 0.2) is 18.4 Å². The second kappa shape index (κ2) is 13.2. The highest BCUT2D eigenvalue weighted by Crippen LogP contribution is 2.71. The molecule has 7 fully saturated rings. The second-order valence-electron chi connectivity index (χ2n) is 18.3. The van der Waals surface area contributed by atoms with Gasteiger partial charge in [0.2, 0.25) is 0 Å². The molecule has 0 bridgehead atoms. The first-order valence-electron chi connectivity index (χ1n) is 19.8. The summed E-state index contributed by atoms with van der Waals surface area (Å²) in [4.78, 5) is 0. The lowest BCUT2D eigenvalue weighted by Gasteiger charge is -2.61. The summed E-state index contributed by atoms with van der Waals surface area (Å²) in [5, 5.41) is 63.8. The summed E-state index contributed by atoms with van der Waals surface area (Å²) in [6.45, 7) is 13.4. The van der Waals surface area contributed by atoms with E-state index in [1.165, 1.54) is 5.57 Å². The van der Waals surface area contributed by atoms with Crippen LogP contribution < -0.4 is 0 Å². The van der Waals surface area contributed by atoms with Crippen LogP contribution in [-0.2, 0) is 28.4 Å². The molecule has 22 atom stereocenters. The number of hydrogen-bond donors (Lipinski definition) is 6. The van der Waals surface area contributed by atoms with Gasteiger partial charge in [-0.3, -0.25) is 0 Å². The van der Waals surface area contributed by atoms with Crippen LogP contribution in [0.4, 0.5) is 0 Å². The number of fused-ring (bicyclic) bond motifs is 7. The fraction of sp³-hybridized carbons (Fsp3) is 0.949. The average Bonchev–Trinajstić information content (AvgIpc) is 3.55. The molecule has 51 heavy (non-hydrogen) atoms. The number of aliphatic hydroxyl groups is 6. The van der Waals surface area contributed by atoms with Gasteiger partial charge in [0, 0.05) is 24.2 Å². The molecule has 8 aliphatic rings. The normalized spacial score (nSPS) is 59.8. The number of aliphatic hydroxyl groups excluding tert-OH is 6. The van der Waals surface area contributed by atoms with Crippen molar-refractivity contribution >= 4 is 0 Å². The lowest BCUT2D eigenvalue weighted by atomic mass is 9.46. The van der Waals surface area contributed by atoms with Gasteiger partial charge in [0.25, 0.3) is 0 Å². The highest BCUT2D eigenvalue weighted by atomic mass is 16.7. The van der Waals surface area contributed by atoms with E-state index >= 15 is 0 Å². The number of allylic oxidation sites excluding steroid dienone is 1. The molecule has 4 aliphatic heterocycles. The summed E-state index contributed by atoms with van der Waals surface area (Å²) >= 11 is 0. The van der Waals surface area contributed by atoms with E-state index in [0.717, 1.165) is 45.1 Å². The van der Waals surface area contributed by atoms with E-state index in [2.05, 4.69) is 33.8 Å². The third-order valence-electron chi connectivity index (χ3n) is 15.6. The number of hydrogen-bond acceptors (Lipinski definition) is 12. The molecule has 4 heterocycles. The number of ether oxygens (including phenoxy) is 6. The molecule has 4 saturated heterocycles. The summed E-state index contributed by atoms with van der Waals surface area (Å²) in [5.74, 6) is 1.99. The van der Waals surface area contributed by atoms with Crippen LogP contribution in [0.3, 0.4) is 0 Å². The fourth-order valence-electron chi connectivity index (χ4n) is 12.6. The maximum atomic E-state index is 11.1. The van der Waals surface area contributed by atoms with Gasteiger partial charge < -0.3 is 59.1 Å². The maximum absolute atomic E-state index is 11.1. The van der Waals surface area contributed by atoms with Gasteiger partial charge in [-0.1, -0.05) is 39.3 Å². The fourth-order valence-corrected chi connectivity index (χ4v) is 12.6. The molecule has 0 radical (unpaired) electrons. The summed E-state index contributed by atoms with van der Waals surface area (Å²) in [6, 6.07) is 0. The Morgan fingerprint density at radius 2 is 1.39 bits per heavy atom. The van der Waals surface area contributed by atoms with Gasteiger partial charge in [-0.15, -0.1) is 0 Å². The van der Waals surface area contributed by atoms with Crippen molar-refractivity contribution in [3.63, 3.8) is 0 Å². The molecule has 12 nitrogen and oxygen atoms in total. The largest absolute Gasteiger partial charge is 0.388 e. The summed E-state index contributed by atoms with van der Waals surface area (Å²) in [7, 11) is 0. The molecule has 0 aromatic heterocycles. The van der Waals surface area contributed by atoms with E-state index in [0.29, 0.717) is 42.4 Å². The molecule has 12 heteroatoms. The average molecular weight is 723 g/mol.